The van der Waals surface area contributed by atoms with Crippen molar-refractivity contribution in [1.29, 1.82) is 0 Å². The van der Waals surface area contributed by atoms with Crippen molar-refractivity contribution >= 4 is 5.91 Å². The fourth-order valence-electron chi connectivity index (χ4n) is 2.42. The minimum absolute atomic E-state index is 0.241. The van der Waals surface area contributed by atoms with Gasteiger partial charge in [-0.3, -0.25) is 9.63 Å². The van der Waals surface area contributed by atoms with Gasteiger partial charge in [0.1, 0.15) is 5.69 Å². The molecule has 5 heteroatoms. The summed E-state index contributed by atoms with van der Waals surface area (Å²) in [5, 5.41) is 5.83. The van der Waals surface area contributed by atoms with Crippen molar-refractivity contribution < 1.29 is 9.63 Å². The molecule has 24 heavy (non-hydrogen) atoms. The summed E-state index contributed by atoms with van der Waals surface area (Å²) in [5.41, 5.74) is 4.08. The molecule has 5 nitrogen and oxygen atoms in total. The third kappa shape index (κ3) is 3.07. The lowest BCUT2D eigenvalue weighted by molar-refractivity contribution is -0.0756. The van der Waals surface area contributed by atoms with E-state index in [4.69, 9.17) is 4.84 Å². The summed E-state index contributed by atoms with van der Waals surface area (Å²) < 4.78 is 1.72. The first kappa shape index (κ1) is 16.0. The number of carbonyl (C=O) groups excluding carboxylic acids is 1. The number of hydroxylamine groups is 2. The first-order chi connectivity index (χ1) is 11.6. The zero-order valence-corrected chi connectivity index (χ0v) is 13.9. The van der Waals surface area contributed by atoms with E-state index >= 15 is 0 Å². The number of nitrogens with zero attached hydrogens (tertiary/aromatic N) is 3. The third-order valence-corrected chi connectivity index (χ3v) is 3.85. The Morgan fingerprint density at radius 3 is 2.38 bits per heavy atom. The molecule has 0 aliphatic heterocycles. The predicted molar refractivity (Wildman–Crippen MR) is 92.8 cm³/mol. The monoisotopic (exact) mass is 321 g/mol. The molecule has 1 amide bonds. The number of hydrogen-bond donors (Lipinski definition) is 0. The summed E-state index contributed by atoms with van der Waals surface area (Å²) >= 11 is 0. The Hall–Kier alpha value is -2.92. The van der Waals surface area contributed by atoms with Gasteiger partial charge in [-0.05, 0) is 19.1 Å². The van der Waals surface area contributed by atoms with Crippen molar-refractivity contribution in [3.05, 3.63) is 71.9 Å². The van der Waals surface area contributed by atoms with E-state index in [0.29, 0.717) is 11.3 Å². The second-order valence-corrected chi connectivity index (χ2v) is 5.52. The van der Waals surface area contributed by atoms with Crippen molar-refractivity contribution in [3.8, 4) is 16.9 Å². The molecule has 0 aliphatic carbocycles. The van der Waals surface area contributed by atoms with Gasteiger partial charge in [-0.25, -0.2) is 9.75 Å². The van der Waals surface area contributed by atoms with E-state index < -0.39 is 0 Å². The lowest BCUT2D eigenvalue weighted by Crippen LogP contribution is -2.25. The van der Waals surface area contributed by atoms with Crippen LogP contribution in [0.15, 0.2) is 60.8 Å². The Kier molecular flexibility index (Phi) is 4.44. The molecular formula is C19H19N3O2. The third-order valence-electron chi connectivity index (χ3n) is 3.85. The Bertz CT molecular complexity index is 839. The maximum Gasteiger partial charge on any atom is 0.281 e. The van der Waals surface area contributed by atoms with E-state index in [2.05, 4.69) is 5.10 Å². The van der Waals surface area contributed by atoms with Gasteiger partial charge in [0.05, 0.1) is 18.4 Å². The molecule has 0 bridgehead atoms. The number of benzene rings is 2. The van der Waals surface area contributed by atoms with Crippen LogP contribution in [-0.4, -0.2) is 34.9 Å². The number of rotatable bonds is 4. The van der Waals surface area contributed by atoms with Crippen LogP contribution < -0.4 is 0 Å². The topological polar surface area (TPSA) is 47.4 Å². The lowest BCUT2D eigenvalue weighted by Gasteiger charge is -2.13. The first-order valence-electron chi connectivity index (χ1n) is 7.64. The molecule has 3 rings (SSSR count). The number of amides is 1. The molecule has 0 N–H and O–H groups in total. The Labute approximate surface area is 141 Å². The minimum atomic E-state index is -0.241. The summed E-state index contributed by atoms with van der Waals surface area (Å²) in [4.78, 5) is 17.7. The highest BCUT2D eigenvalue weighted by Crippen LogP contribution is 2.24. The van der Waals surface area contributed by atoms with Gasteiger partial charge in [0, 0.05) is 18.8 Å². The highest BCUT2D eigenvalue weighted by molar-refractivity contribution is 5.99. The molecule has 1 aromatic heterocycles. The quantitative estimate of drug-likeness (QED) is 0.691. The van der Waals surface area contributed by atoms with E-state index in [1.165, 1.54) is 17.7 Å². The van der Waals surface area contributed by atoms with Crippen LogP contribution in [0.2, 0.25) is 0 Å². The minimum Gasteiger partial charge on any atom is -0.274 e. The van der Waals surface area contributed by atoms with Crippen LogP contribution in [-0.2, 0) is 4.84 Å². The Morgan fingerprint density at radius 2 is 1.75 bits per heavy atom. The van der Waals surface area contributed by atoms with Gasteiger partial charge in [-0.15, -0.1) is 0 Å². The Balaban J connectivity index is 2.12. The highest BCUT2D eigenvalue weighted by atomic mass is 16.7. The second-order valence-electron chi connectivity index (χ2n) is 5.52. The van der Waals surface area contributed by atoms with Gasteiger partial charge < -0.3 is 0 Å². The highest BCUT2D eigenvalue weighted by Gasteiger charge is 2.21. The average Bonchev–Trinajstić information content (AvgIpc) is 3.07. The molecule has 0 fully saturated rings. The van der Waals surface area contributed by atoms with Crippen molar-refractivity contribution in [3.63, 3.8) is 0 Å². The smallest absolute Gasteiger partial charge is 0.274 e. The van der Waals surface area contributed by atoms with Crippen LogP contribution in [0, 0.1) is 6.92 Å². The van der Waals surface area contributed by atoms with Gasteiger partial charge in [0.2, 0.25) is 0 Å². The molecule has 0 atom stereocenters. The maximum absolute atomic E-state index is 12.6. The number of aromatic nitrogens is 2. The van der Waals surface area contributed by atoms with Gasteiger partial charge >= 0.3 is 0 Å². The molecule has 0 radical (unpaired) electrons. The van der Waals surface area contributed by atoms with E-state index in [1.807, 2.05) is 61.5 Å². The van der Waals surface area contributed by atoms with Gasteiger partial charge in [0.25, 0.3) is 5.91 Å². The van der Waals surface area contributed by atoms with Crippen LogP contribution >= 0.6 is 0 Å². The average molecular weight is 321 g/mol. The van der Waals surface area contributed by atoms with Crippen LogP contribution in [0.5, 0.6) is 0 Å². The molecule has 0 spiro atoms. The maximum atomic E-state index is 12.6. The summed E-state index contributed by atoms with van der Waals surface area (Å²) in [6, 6.07) is 17.6. The van der Waals surface area contributed by atoms with Crippen molar-refractivity contribution in [2.75, 3.05) is 14.2 Å². The molecule has 0 saturated carbocycles. The molecule has 2 aromatic carbocycles. The van der Waals surface area contributed by atoms with Crippen LogP contribution in [0.4, 0.5) is 0 Å². The zero-order valence-electron chi connectivity index (χ0n) is 13.9. The van der Waals surface area contributed by atoms with Crippen molar-refractivity contribution in [2.45, 2.75) is 6.92 Å². The molecule has 122 valence electrons. The summed E-state index contributed by atoms with van der Waals surface area (Å²) in [6.07, 6.45) is 1.74. The van der Waals surface area contributed by atoms with E-state index in [1.54, 1.807) is 17.9 Å². The van der Waals surface area contributed by atoms with Crippen molar-refractivity contribution in [1.82, 2.24) is 14.8 Å². The molecular weight excluding hydrogens is 302 g/mol. The fourth-order valence-corrected chi connectivity index (χ4v) is 2.42. The lowest BCUT2D eigenvalue weighted by atomic mass is 10.1. The normalized spacial score (nSPS) is 10.6. The van der Waals surface area contributed by atoms with Gasteiger partial charge in [-0.2, -0.15) is 5.10 Å². The van der Waals surface area contributed by atoms with E-state index in [9.17, 15) is 4.79 Å². The van der Waals surface area contributed by atoms with Crippen LogP contribution in [0.1, 0.15) is 15.9 Å². The van der Waals surface area contributed by atoms with Gasteiger partial charge in [-0.1, -0.05) is 48.0 Å². The molecule has 0 unspecified atom stereocenters. The van der Waals surface area contributed by atoms with Crippen molar-refractivity contribution in [2.24, 2.45) is 0 Å². The largest absolute Gasteiger partial charge is 0.281 e. The van der Waals surface area contributed by atoms with E-state index in [0.717, 1.165) is 11.3 Å². The van der Waals surface area contributed by atoms with Crippen LogP contribution in [0.25, 0.3) is 16.9 Å². The van der Waals surface area contributed by atoms with E-state index in [-0.39, 0.29) is 5.91 Å². The first-order valence-corrected chi connectivity index (χ1v) is 7.64. The molecule has 3 aromatic rings. The summed E-state index contributed by atoms with van der Waals surface area (Å²) in [6.45, 7) is 2.03. The summed E-state index contributed by atoms with van der Waals surface area (Å²) in [5.74, 6) is -0.241. The van der Waals surface area contributed by atoms with Gasteiger partial charge in [0.15, 0.2) is 0 Å². The molecule has 1 heterocycles. The second kappa shape index (κ2) is 6.68. The SMILES string of the molecule is CON(C)C(=O)c1cn(-c2ccc(C)cc2)nc1-c1ccccc1. The standard InChI is InChI=1S/C19H19N3O2/c1-14-9-11-16(12-10-14)22-13-17(19(23)21(2)24-3)18(20-22)15-7-5-4-6-8-15/h4-13H,1-3H3. The zero-order chi connectivity index (χ0) is 17.1. The molecule has 0 aliphatic rings. The molecule has 0 saturated heterocycles. The Morgan fingerprint density at radius 1 is 1.08 bits per heavy atom. The fraction of sp³-hybridized carbons (Fsp3) is 0.158. The number of hydrogen-bond acceptors (Lipinski definition) is 3. The predicted octanol–water partition coefficient (Wildman–Crippen LogP) is 3.48. The number of aryl methyl sites for hydroxylation is 1. The van der Waals surface area contributed by atoms with Crippen LogP contribution in [0.3, 0.4) is 0 Å². The summed E-state index contributed by atoms with van der Waals surface area (Å²) in [7, 11) is 3.05. The number of carbonyl (C=O) groups is 1.